The molecular formula is C16H17Li. The van der Waals surface area contributed by atoms with Crippen LogP contribution in [0.2, 0.25) is 0 Å². The summed E-state index contributed by atoms with van der Waals surface area (Å²) >= 11 is 0. The third kappa shape index (κ3) is 3.03. The van der Waals surface area contributed by atoms with Gasteiger partial charge in [0.05, 0.1) is 0 Å². The number of hydrogen-bond donors (Lipinski definition) is 0. The molecule has 0 heterocycles. The second-order valence-corrected chi connectivity index (χ2v) is 4.63. The second kappa shape index (κ2) is 5.58. The number of rotatable bonds is 0. The first kappa shape index (κ1) is 12.5. The van der Waals surface area contributed by atoms with Gasteiger partial charge in [-0.1, -0.05) is 48.5 Å². The first-order chi connectivity index (χ1) is 7.90. The van der Waals surface area contributed by atoms with E-state index in [1.165, 1.54) is 22.3 Å². The zero-order valence-corrected chi connectivity index (χ0v) is 10.4. The van der Waals surface area contributed by atoms with Crippen LogP contribution in [0.5, 0.6) is 0 Å². The molecule has 2 aromatic carbocycles. The van der Waals surface area contributed by atoms with Crippen molar-refractivity contribution in [3.05, 3.63) is 70.8 Å². The Labute approximate surface area is 117 Å². The van der Waals surface area contributed by atoms with Crippen molar-refractivity contribution in [1.82, 2.24) is 0 Å². The summed E-state index contributed by atoms with van der Waals surface area (Å²) in [6.07, 6.45) is 4.61. The van der Waals surface area contributed by atoms with Crippen LogP contribution in [0.3, 0.4) is 0 Å². The van der Waals surface area contributed by atoms with Crippen molar-refractivity contribution in [3.8, 4) is 0 Å². The quantitative estimate of drug-likeness (QED) is 0.568. The Morgan fingerprint density at radius 2 is 0.647 bits per heavy atom. The van der Waals surface area contributed by atoms with Gasteiger partial charge in [-0.3, -0.25) is 0 Å². The molecule has 0 atom stereocenters. The zero-order valence-electron chi connectivity index (χ0n) is 11.4. The molecule has 0 saturated carbocycles. The Bertz CT molecular complexity index is 380. The van der Waals surface area contributed by atoms with Crippen LogP contribution in [-0.4, -0.2) is 0 Å². The third-order valence-corrected chi connectivity index (χ3v) is 3.45. The topological polar surface area (TPSA) is 0 Å². The third-order valence-electron chi connectivity index (χ3n) is 3.45. The maximum absolute atomic E-state index is 2.28. The minimum Gasteiger partial charge on any atom is -1.00 e. The smallest absolute Gasteiger partial charge is 1.00 e. The van der Waals surface area contributed by atoms with Crippen molar-refractivity contribution in [1.29, 1.82) is 0 Å². The first-order valence-corrected chi connectivity index (χ1v) is 6.06. The van der Waals surface area contributed by atoms with E-state index in [4.69, 9.17) is 0 Å². The van der Waals surface area contributed by atoms with Gasteiger partial charge >= 0.3 is 18.9 Å². The van der Waals surface area contributed by atoms with E-state index in [-0.39, 0.29) is 20.3 Å². The summed E-state index contributed by atoms with van der Waals surface area (Å²) < 4.78 is 0. The Morgan fingerprint density at radius 1 is 0.471 bits per heavy atom. The van der Waals surface area contributed by atoms with Gasteiger partial charge in [0.2, 0.25) is 0 Å². The minimum absolute atomic E-state index is 0. The van der Waals surface area contributed by atoms with Crippen LogP contribution in [0.4, 0.5) is 0 Å². The molecule has 0 N–H and O–H groups in total. The van der Waals surface area contributed by atoms with Crippen LogP contribution in [0.25, 0.3) is 0 Å². The van der Waals surface area contributed by atoms with Crippen LogP contribution in [-0.2, 0) is 25.7 Å². The Morgan fingerprint density at radius 3 is 0.824 bits per heavy atom. The standard InChI is InChI=1S/C16H16.Li.H/c1-2-14-4-3-13(1)9-10-15-5-7-16(8-6-15)12-11-14;;/h1-8H,9-12H2;;/q;+1;-1. The van der Waals surface area contributed by atoms with Crippen molar-refractivity contribution in [3.63, 3.8) is 0 Å². The van der Waals surface area contributed by atoms with Gasteiger partial charge in [0.25, 0.3) is 0 Å². The molecule has 82 valence electrons. The fraction of sp³-hybridized carbons (Fsp3) is 0.250. The molecule has 0 nitrogen and oxygen atoms in total. The number of benzene rings is 2. The number of hydrogen-bond acceptors (Lipinski definition) is 0. The summed E-state index contributed by atoms with van der Waals surface area (Å²) in [6, 6.07) is 18.2. The first-order valence-electron chi connectivity index (χ1n) is 6.06. The summed E-state index contributed by atoms with van der Waals surface area (Å²) in [6.45, 7) is 0. The molecule has 4 bridgehead atoms. The summed E-state index contributed by atoms with van der Waals surface area (Å²) in [5, 5.41) is 0. The van der Waals surface area contributed by atoms with Crippen LogP contribution >= 0.6 is 0 Å². The molecule has 0 aromatic heterocycles. The molecule has 17 heavy (non-hydrogen) atoms. The van der Waals surface area contributed by atoms with Crippen LogP contribution < -0.4 is 18.9 Å². The molecule has 0 amide bonds. The van der Waals surface area contributed by atoms with E-state index in [0.29, 0.717) is 0 Å². The molecule has 2 aromatic rings. The summed E-state index contributed by atoms with van der Waals surface area (Å²) in [5.41, 5.74) is 5.81. The fourth-order valence-electron chi connectivity index (χ4n) is 2.32. The largest absolute Gasteiger partial charge is 1.00 e. The molecule has 1 heteroatoms. The zero-order chi connectivity index (χ0) is 10.8. The Kier molecular flexibility index (Phi) is 4.10. The monoisotopic (exact) mass is 216 g/mol. The van der Waals surface area contributed by atoms with E-state index in [0.717, 1.165) is 25.7 Å². The molecule has 0 fully saturated rings. The second-order valence-electron chi connectivity index (χ2n) is 4.63. The summed E-state index contributed by atoms with van der Waals surface area (Å²) in [4.78, 5) is 0. The van der Waals surface area contributed by atoms with Gasteiger partial charge in [-0.05, 0) is 47.9 Å². The Hall–Kier alpha value is -0.963. The van der Waals surface area contributed by atoms with Crippen molar-refractivity contribution >= 4 is 0 Å². The molecule has 4 aliphatic carbocycles. The van der Waals surface area contributed by atoms with E-state index in [1.54, 1.807) is 0 Å². The average Bonchev–Trinajstić information content (AvgIpc) is 2.33. The molecule has 0 radical (unpaired) electrons. The van der Waals surface area contributed by atoms with Crippen molar-refractivity contribution < 1.29 is 20.3 Å². The molecule has 0 saturated heterocycles. The van der Waals surface area contributed by atoms with E-state index in [2.05, 4.69) is 48.5 Å². The van der Waals surface area contributed by atoms with Gasteiger partial charge in [-0.2, -0.15) is 0 Å². The van der Waals surface area contributed by atoms with Gasteiger partial charge in [-0.15, -0.1) is 0 Å². The van der Waals surface area contributed by atoms with E-state index >= 15 is 0 Å². The minimum atomic E-state index is 0. The normalized spacial score (nSPS) is 13.6. The summed E-state index contributed by atoms with van der Waals surface area (Å²) in [7, 11) is 0. The van der Waals surface area contributed by atoms with Crippen molar-refractivity contribution in [2.24, 2.45) is 0 Å². The van der Waals surface area contributed by atoms with Crippen molar-refractivity contribution in [2.45, 2.75) is 25.7 Å². The van der Waals surface area contributed by atoms with Crippen LogP contribution in [0.1, 0.15) is 23.7 Å². The SMILES string of the molecule is [H-].[Li+].c1cc2ccc1CCc1ccc(cc1)CC2. The Balaban J connectivity index is 0.000000810. The predicted octanol–water partition coefficient (Wildman–Crippen LogP) is 0.687. The molecule has 6 rings (SSSR count). The van der Waals surface area contributed by atoms with Gasteiger partial charge < -0.3 is 1.43 Å². The van der Waals surface area contributed by atoms with Crippen LogP contribution in [0, 0.1) is 0 Å². The van der Waals surface area contributed by atoms with Crippen molar-refractivity contribution in [2.75, 3.05) is 0 Å². The van der Waals surface area contributed by atoms with Gasteiger partial charge in [0.15, 0.2) is 0 Å². The molecule has 4 aliphatic rings. The molecule has 0 spiro atoms. The maximum Gasteiger partial charge on any atom is 1.00 e. The predicted molar refractivity (Wildman–Crippen MR) is 68.8 cm³/mol. The van der Waals surface area contributed by atoms with Gasteiger partial charge in [0, 0.05) is 0 Å². The summed E-state index contributed by atoms with van der Waals surface area (Å²) in [5.74, 6) is 0. The van der Waals surface area contributed by atoms with E-state index in [9.17, 15) is 0 Å². The molecule has 0 aliphatic heterocycles. The van der Waals surface area contributed by atoms with E-state index < -0.39 is 0 Å². The average molecular weight is 216 g/mol. The van der Waals surface area contributed by atoms with Crippen LogP contribution in [0.15, 0.2) is 48.5 Å². The molecular weight excluding hydrogens is 199 g/mol. The van der Waals surface area contributed by atoms with E-state index in [1.807, 2.05) is 0 Å². The van der Waals surface area contributed by atoms with Gasteiger partial charge in [0.1, 0.15) is 0 Å². The maximum atomic E-state index is 2.28. The number of aryl methyl sites for hydroxylation is 4. The van der Waals surface area contributed by atoms with Gasteiger partial charge in [-0.25, -0.2) is 0 Å². The molecule has 0 unspecified atom stereocenters. The fourth-order valence-corrected chi connectivity index (χ4v) is 2.32.